The normalized spacial score (nSPS) is 32.8. The van der Waals surface area contributed by atoms with Crippen LogP contribution in [0.15, 0.2) is 11.6 Å². The van der Waals surface area contributed by atoms with Crippen LogP contribution < -0.4 is 0 Å². The molecule has 1 heteroatoms. The standard InChI is InChI=1S/C12H21N/c1-12(2,3)9-10-6-8-13-7-4-5-11(10)13/h9,11H,4-8H2,1-3H3/b10-9+. The second kappa shape index (κ2) is 3.13. The van der Waals surface area contributed by atoms with Gasteiger partial charge in [-0.2, -0.15) is 0 Å². The molecule has 1 atom stereocenters. The van der Waals surface area contributed by atoms with Gasteiger partial charge >= 0.3 is 0 Å². The Bertz CT molecular complexity index is 222. The second-order valence-corrected chi connectivity index (χ2v) is 5.53. The van der Waals surface area contributed by atoms with E-state index in [1.54, 1.807) is 5.57 Å². The van der Waals surface area contributed by atoms with E-state index in [9.17, 15) is 0 Å². The second-order valence-electron chi connectivity index (χ2n) is 5.53. The number of hydrogen-bond donors (Lipinski definition) is 0. The lowest BCUT2D eigenvalue weighted by atomic mass is 9.90. The minimum absolute atomic E-state index is 0.369. The lowest BCUT2D eigenvalue weighted by molar-refractivity contribution is 0.337. The van der Waals surface area contributed by atoms with E-state index in [1.807, 2.05) is 0 Å². The SMILES string of the molecule is CC(C)(C)/C=C1\CCN2CCCC12. The Morgan fingerprint density at radius 3 is 2.77 bits per heavy atom. The molecule has 0 amide bonds. The van der Waals surface area contributed by atoms with Crippen LogP contribution in [-0.4, -0.2) is 24.0 Å². The summed E-state index contributed by atoms with van der Waals surface area (Å²) in [5.74, 6) is 0. The topological polar surface area (TPSA) is 3.24 Å². The molecule has 0 spiro atoms. The zero-order chi connectivity index (χ0) is 9.47. The molecule has 2 rings (SSSR count). The summed E-state index contributed by atoms with van der Waals surface area (Å²) in [6, 6.07) is 0.819. The molecule has 74 valence electrons. The van der Waals surface area contributed by atoms with Crippen LogP contribution in [0.3, 0.4) is 0 Å². The molecule has 2 aliphatic heterocycles. The van der Waals surface area contributed by atoms with E-state index in [0.29, 0.717) is 5.41 Å². The zero-order valence-electron chi connectivity index (χ0n) is 9.14. The third kappa shape index (κ3) is 1.96. The van der Waals surface area contributed by atoms with Gasteiger partial charge < -0.3 is 0 Å². The van der Waals surface area contributed by atoms with Crippen molar-refractivity contribution in [3.8, 4) is 0 Å². The van der Waals surface area contributed by atoms with Crippen molar-refractivity contribution in [1.82, 2.24) is 4.90 Å². The number of rotatable bonds is 0. The van der Waals surface area contributed by atoms with Gasteiger partial charge in [0, 0.05) is 12.6 Å². The molecule has 1 nitrogen and oxygen atoms in total. The maximum atomic E-state index is 2.65. The molecule has 0 aliphatic carbocycles. The quantitative estimate of drug-likeness (QED) is 0.517. The van der Waals surface area contributed by atoms with Gasteiger partial charge in [-0.25, -0.2) is 0 Å². The smallest absolute Gasteiger partial charge is 0.0308 e. The van der Waals surface area contributed by atoms with Gasteiger partial charge in [-0.05, 0) is 31.2 Å². The molecule has 2 aliphatic rings. The first kappa shape index (κ1) is 9.26. The largest absolute Gasteiger partial charge is 0.296 e. The van der Waals surface area contributed by atoms with Gasteiger partial charge in [0.25, 0.3) is 0 Å². The predicted molar refractivity (Wildman–Crippen MR) is 56.8 cm³/mol. The first-order valence-electron chi connectivity index (χ1n) is 5.52. The van der Waals surface area contributed by atoms with Gasteiger partial charge in [0.05, 0.1) is 0 Å². The van der Waals surface area contributed by atoms with E-state index in [4.69, 9.17) is 0 Å². The van der Waals surface area contributed by atoms with E-state index >= 15 is 0 Å². The molecule has 0 saturated carbocycles. The first-order chi connectivity index (χ1) is 6.06. The number of hydrogen-bond acceptors (Lipinski definition) is 1. The van der Waals surface area contributed by atoms with Crippen molar-refractivity contribution >= 4 is 0 Å². The highest BCUT2D eigenvalue weighted by atomic mass is 15.2. The third-order valence-corrected chi connectivity index (χ3v) is 3.10. The Labute approximate surface area is 81.8 Å². The molecule has 13 heavy (non-hydrogen) atoms. The first-order valence-corrected chi connectivity index (χ1v) is 5.52. The van der Waals surface area contributed by atoms with Crippen molar-refractivity contribution in [2.45, 2.75) is 46.1 Å². The molecule has 2 fully saturated rings. The van der Waals surface area contributed by atoms with Crippen LogP contribution in [0.5, 0.6) is 0 Å². The fourth-order valence-corrected chi connectivity index (χ4v) is 2.68. The summed E-state index contributed by atoms with van der Waals surface area (Å²) in [6.45, 7) is 9.56. The van der Waals surface area contributed by atoms with Crippen LogP contribution >= 0.6 is 0 Å². The molecular formula is C12H21N. The Morgan fingerprint density at radius 1 is 1.31 bits per heavy atom. The molecule has 0 aromatic carbocycles. The van der Waals surface area contributed by atoms with Crippen LogP contribution in [-0.2, 0) is 0 Å². The highest BCUT2D eigenvalue weighted by Crippen LogP contribution is 2.34. The Hall–Kier alpha value is -0.300. The summed E-state index contributed by atoms with van der Waals surface area (Å²) in [5.41, 5.74) is 2.08. The molecular weight excluding hydrogens is 158 g/mol. The minimum Gasteiger partial charge on any atom is -0.296 e. The fourth-order valence-electron chi connectivity index (χ4n) is 2.68. The fraction of sp³-hybridized carbons (Fsp3) is 0.833. The third-order valence-electron chi connectivity index (χ3n) is 3.10. The van der Waals surface area contributed by atoms with E-state index in [2.05, 4.69) is 31.7 Å². The van der Waals surface area contributed by atoms with E-state index < -0.39 is 0 Å². The Morgan fingerprint density at radius 2 is 2.08 bits per heavy atom. The van der Waals surface area contributed by atoms with Crippen molar-refractivity contribution < 1.29 is 0 Å². The number of nitrogens with zero attached hydrogens (tertiary/aromatic N) is 1. The summed E-state index contributed by atoms with van der Waals surface area (Å²) in [4.78, 5) is 2.65. The minimum atomic E-state index is 0.369. The van der Waals surface area contributed by atoms with Crippen LogP contribution in [0, 0.1) is 5.41 Å². The van der Waals surface area contributed by atoms with Crippen molar-refractivity contribution in [3.05, 3.63) is 11.6 Å². The molecule has 0 radical (unpaired) electrons. The van der Waals surface area contributed by atoms with Crippen LogP contribution in [0.2, 0.25) is 0 Å². The molecule has 2 saturated heterocycles. The van der Waals surface area contributed by atoms with Gasteiger partial charge in [0.2, 0.25) is 0 Å². The average Bonchev–Trinajstić information content (AvgIpc) is 2.50. The lowest BCUT2D eigenvalue weighted by Gasteiger charge is -2.18. The maximum absolute atomic E-state index is 2.65. The van der Waals surface area contributed by atoms with E-state index in [0.717, 1.165) is 6.04 Å². The molecule has 0 aromatic heterocycles. The highest BCUT2D eigenvalue weighted by Gasteiger charge is 2.33. The van der Waals surface area contributed by atoms with Crippen molar-refractivity contribution in [2.24, 2.45) is 5.41 Å². The van der Waals surface area contributed by atoms with Crippen molar-refractivity contribution in [1.29, 1.82) is 0 Å². The van der Waals surface area contributed by atoms with E-state index in [1.165, 1.54) is 32.4 Å². The molecule has 0 bridgehead atoms. The zero-order valence-corrected chi connectivity index (χ0v) is 9.14. The van der Waals surface area contributed by atoms with Crippen LogP contribution in [0.4, 0.5) is 0 Å². The van der Waals surface area contributed by atoms with E-state index in [-0.39, 0.29) is 0 Å². The van der Waals surface area contributed by atoms with Crippen LogP contribution in [0.1, 0.15) is 40.0 Å². The molecule has 0 N–H and O–H groups in total. The predicted octanol–water partition coefficient (Wildman–Crippen LogP) is 2.83. The molecule has 0 aromatic rings. The summed E-state index contributed by atoms with van der Waals surface area (Å²) in [7, 11) is 0. The maximum Gasteiger partial charge on any atom is 0.0308 e. The lowest BCUT2D eigenvalue weighted by Crippen LogP contribution is -2.23. The average molecular weight is 179 g/mol. The van der Waals surface area contributed by atoms with Gasteiger partial charge in [-0.3, -0.25) is 4.90 Å². The Balaban J connectivity index is 2.13. The number of fused-ring (bicyclic) bond motifs is 1. The summed E-state index contributed by atoms with van der Waals surface area (Å²) < 4.78 is 0. The van der Waals surface area contributed by atoms with Gasteiger partial charge in [0.1, 0.15) is 0 Å². The van der Waals surface area contributed by atoms with Gasteiger partial charge in [-0.1, -0.05) is 32.4 Å². The Kier molecular flexibility index (Phi) is 2.23. The summed E-state index contributed by atoms with van der Waals surface area (Å²) >= 11 is 0. The van der Waals surface area contributed by atoms with Gasteiger partial charge in [0.15, 0.2) is 0 Å². The molecule has 1 unspecified atom stereocenters. The van der Waals surface area contributed by atoms with Crippen molar-refractivity contribution in [2.75, 3.05) is 13.1 Å². The van der Waals surface area contributed by atoms with Crippen LogP contribution in [0.25, 0.3) is 0 Å². The number of allylic oxidation sites excluding steroid dienone is 1. The summed E-state index contributed by atoms with van der Waals surface area (Å²) in [6.07, 6.45) is 6.64. The van der Waals surface area contributed by atoms with Crippen molar-refractivity contribution in [3.63, 3.8) is 0 Å². The monoisotopic (exact) mass is 179 g/mol. The highest BCUT2D eigenvalue weighted by molar-refractivity contribution is 5.20. The van der Waals surface area contributed by atoms with Gasteiger partial charge in [-0.15, -0.1) is 0 Å². The summed E-state index contributed by atoms with van der Waals surface area (Å²) in [5, 5.41) is 0. The molecule has 2 heterocycles.